The first-order valence-corrected chi connectivity index (χ1v) is 11.4. The highest BCUT2D eigenvalue weighted by molar-refractivity contribution is 7.92. The quantitative estimate of drug-likeness (QED) is 0.470. The first kappa shape index (κ1) is 23.7. The summed E-state index contributed by atoms with van der Waals surface area (Å²) >= 11 is 0. The summed E-state index contributed by atoms with van der Waals surface area (Å²) in [6, 6.07) is 19.5. The standard InChI is InChI=1S/C23H23FN4O4S/c1-28(20-7-3-2-4-8-20)33(31,32)21-9-5-6-19(14-21)27-22(29)16-26-23(30)25-15-17-10-12-18(24)13-11-17/h2-14H,15-16H2,1H3,(H,27,29)(H2,25,26,30). The summed E-state index contributed by atoms with van der Waals surface area (Å²) in [7, 11) is -2.38. The van der Waals surface area contributed by atoms with Crippen LogP contribution in [0.15, 0.2) is 83.8 Å². The molecule has 0 aliphatic carbocycles. The Kier molecular flexibility index (Phi) is 7.62. The molecule has 0 atom stereocenters. The molecule has 3 amide bonds. The van der Waals surface area contributed by atoms with Crippen LogP contribution in [0.4, 0.5) is 20.6 Å². The molecule has 0 radical (unpaired) electrons. The largest absolute Gasteiger partial charge is 0.334 e. The lowest BCUT2D eigenvalue weighted by Gasteiger charge is -2.20. The van der Waals surface area contributed by atoms with Crippen LogP contribution in [0.1, 0.15) is 5.56 Å². The fraction of sp³-hybridized carbons (Fsp3) is 0.130. The van der Waals surface area contributed by atoms with Crippen molar-refractivity contribution in [2.24, 2.45) is 0 Å². The average molecular weight is 471 g/mol. The van der Waals surface area contributed by atoms with E-state index in [1.807, 2.05) is 0 Å². The van der Waals surface area contributed by atoms with Crippen LogP contribution in [0.25, 0.3) is 0 Å². The lowest BCUT2D eigenvalue weighted by molar-refractivity contribution is -0.115. The number of hydrogen-bond donors (Lipinski definition) is 3. The van der Waals surface area contributed by atoms with Gasteiger partial charge in [-0.3, -0.25) is 9.10 Å². The molecule has 0 aliphatic rings. The number of benzene rings is 3. The van der Waals surface area contributed by atoms with Gasteiger partial charge in [-0.25, -0.2) is 17.6 Å². The molecule has 0 unspecified atom stereocenters. The number of nitrogens with one attached hydrogen (secondary N) is 3. The van der Waals surface area contributed by atoms with Crippen LogP contribution in [0.5, 0.6) is 0 Å². The van der Waals surface area contributed by atoms with Gasteiger partial charge in [0.2, 0.25) is 5.91 Å². The number of carbonyl (C=O) groups excluding carboxylic acids is 2. The lowest BCUT2D eigenvalue weighted by Crippen LogP contribution is -2.39. The van der Waals surface area contributed by atoms with Crippen LogP contribution < -0.4 is 20.3 Å². The monoisotopic (exact) mass is 470 g/mol. The Morgan fingerprint density at radius 3 is 2.30 bits per heavy atom. The zero-order valence-electron chi connectivity index (χ0n) is 17.8. The summed E-state index contributed by atoms with van der Waals surface area (Å²) in [6.45, 7) is -0.154. The van der Waals surface area contributed by atoms with Gasteiger partial charge in [-0.05, 0) is 48.0 Å². The number of para-hydroxylation sites is 1. The predicted octanol–water partition coefficient (Wildman–Crippen LogP) is 3.09. The Balaban J connectivity index is 1.54. The number of urea groups is 1. The third-order valence-corrected chi connectivity index (χ3v) is 6.45. The zero-order chi connectivity index (χ0) is 23.8. The summed E-state index contributed by atoms with van der Waals surface area (Å²) in [5, 5.41) is 7.53. The molecule has 3 aromatic carbocycles. The van der Waals surface area contributed by atoms with Crippen LogP contribution in [0.2, 0.25) is 0 Å². The Bertz CT molecular complexity index is 1220. The molecule has 3 N–H and O–H groups in total. The second-order valence-corrected chi connectivity index (χ2v) is 9.02. The zero-order valence-corrected chi connectivity index (χ0v) is 18.6. The van der Waals surface area contributed by atoms with Crippen LogP contribution in [0, 0.1) is 5.82 Å². The van der Waals surface area contributed by atoms with Crippen molar-refractivity contribution in [3.63, 3.8) is 0 Å². The van der Waals surface area contributed by atoms with Crippen molar-refractivity contribution in [1.82, 2.24) is 10.6 Å². The van der Waals surface area contributed by atoms with Gasteiger partial charge in [0.1, 0.15) is 5.82 Å². The SMILES string of the molecule is CN(c1ccccc1)S(=O)(=O)c1cccc(NC(=O)CNC(=O)NCc2ccc(F)cc2)c1. The van der Waals surface area contributed by atoms with Crippen molar-refractivity contribution in [3.8, 4) is 0 Å². The molecule has 3 aromatic rings. The van der Waals surface area contributed by atoms with Crippen molar-refractivity contribution in [2.45, 2.75) is 11.4 Å². The van der Waals surface area contributed by atoms with Crippen molar-refractivity contribution in [1.29, 1.82) is 0 Å². The van der Waals surface area contributed by atoms with Gasteiger partial charge in [0.15, 0.2) is 0 Å². The number of nitrogens with zero attached hydrogens (tertiary/aromatic N) is 1. The van der Waals surface area contributed by atoms with Crippen LogP contribution in [0.3, 0.4) is 0 Å². The number of carbonyl (C=O) groups is 2. The highest BCUT2D eigenvalue weighted by atomic mass is 32.2. The normalized spacial score (nSPS) is 10.8. The first-order chi connectivity index (χ1) is 15.8. The summed E-state index contributed by atoms with van der Waals surface area (Å²) in [4.78, 5) is 24.1. The van der Waals surface area contributed by atoms with E-state index in [1.165, 1.54) is 37.4 Å². The van der Waals surface area contributed by atoms with E-state index in [1.54, 1.807) is 48.5 Å². The van der Waals surface area contributed by atoms with Gasteiger partial charge in [0.25, 0.3) is 10.0 Å². The fourth-order valence-electron chi connectivity index (χ4n) is 2.88. The summed E-state index contributed by atoms with van der Waals surface area (Å²) < 4.78 is 39.9. The Morgan fingerprint density at radius 2 is 1.61 bits per heavy atom. The maximum Gasteiger partial charge on any atom is 0.315 e. The Morgan fingerprint density at radius 1 is 0.909 bits per heavy atom. The molecule has 0 spiro atoms. The van der Waals surface area contributed by atoms with E-state index in [0.29, 0.717) is 11.3 Å². The van der Waals surface area contributed by atoms with Gasteiger partial charge >= 0.3 is 6.03 Å². The van der Waals surface area contributed by atoms with Gasteiger partial charge < -0.3 is 16.0 Å². The van der Waals surface area contributed by atoms with Crippen molar-refractivity contribution in [2.75, 3.05) is 23.2 Å². The molecule has 0 saturated carbocycles. The minimum Gasteiger partial charge on any atom is -0.334 e. The summed E-state index contributed by atoms with van der Waals surface area (Å²) in [6.07, 6.45) is 0. The molecular formula is C23H23FN4O4S. The maximum absolute atomic E-state index is 12.9. The van der Waals surface area contributed by atoms with Crippen LogP contribution in [-0.2, 0) is 21.4 Å². The third-order valence-electron chi connectivity index (χ3n) is 4.67. The Labute approximate surface area is 191 Å². The fourth-order valence-corrected chi connectivity index (χ4v) is 4.12. The molecule has 172 valence electrons. The number of anilines is 2. The highest BCUT2D eigenvalue weighted by Gasteiger charge is 2.21. The van der Waals surface area contributed by atoms with Crippen molar-refractivity contribution in [3.05, 3.63) is 90.2 Å². The average Bonchev–Trinajstić information content (AvgIpc) is 2.82. The topological polar surface area (TPSA) is 108 Å². The summed E-state index contributed by atoms with van der Waals surface area (Å²) in [5.41, 5.74) is 1.48. The number of amides is 3. The lowest BCUT2D eigenvalue weighted by atomic mass is 10.2. The van der Waals surface area contributed by atoms with Crippen molar-refractivity contribution < 1.29 is 22.4 Å². The van der Waals surface area contributed by atoms with Crippen LogP contribution in [-0.4, -0.2) is 33.9 Å². The van der Waals surface area contributed by atoms with E-state index in [4.69, 9.17) is 0 Å². The second-order valence-electron chi connectivity index (χ2n) is 7.05. The number of halogens is 1. The number of sulfonamides is 1. The molecule has 3 rings (SSSR count). The molecule has 0 bridgehead atoms. The van der Waals surface area contributed by atoms with Crippen LogP contribution >= 0.6 is 0 Å². The van der Waals surface area contributed by atoms with Crippen molar-refractivity contribution >= 4 is 33.3 Å². The van der Waals surface area contributed by atoms with E-state index >= 15 is 0 Å². The van der Waals surface area contributed by atoms with Gasteiger partial charge in [-0.2, -0.15) is 0 Å². The molecule has 0 heterocycles. The van der Waals surface area contributed by atoms with E-state index < -0.39 is 22.0 Å². The summed E-state index contributed by atoms with van der Waals surface area (Å²) in [5.74, 6) is -0.902. The molecule has 33 heavy (non-hydrogen) atoms. The second kappa shape index (κ2) is 10.6. The van der Waals surface area contributed by atoms with E-state index in [2.05, 4.69) is 16.0 Å². The number of hydrogen-bond acceptors (Lipinski definition) is 4. The van der Waals surface area contributed by atoms with E-state index in [-0.39, 0.29) is 29.5 Å². The molecule has 0 fully saturated rings. The van der Waals surface area contributed by atoms with Gasteiger partial charge in [-0.15, -0.1) is 0 Å². The smallest absolute Gasteiger partial charge is 0.315 e. The Hall–Kier alpha value is -3.92. The predicted molar refractivity (Wildman–Crippen MR) is 124 cm³/mol. The van der Waals surface area contributed by atoms with E-state index in [0.717, 1.165) is 4.31 Å². The first-order valence-electron chi connectivity index (χ1n) is 9.96. The molecule has 0 aliphatic heterocycles. The molecular weight excluding hydrogens is 447 g/mol. The molecule has 10 heteroatoms. The van der Waals surface area contributed by atoms with Gasteiger partial charge in [-0.1, -0.05) is 36.4 Å². The molecule has 0 aromatic heterocycles. The third kappa shape index (κ3) is 6.53. The maximum atomic E-state index is 12.9. The van der Waals surface area contributed by atoms with Gasteiger partial charge in [0.05, 0.1) is 17.1 Å². The molecule has 0 saturated heterocycles. The van der Waals surface area contributed by atoms with Gasteiger partial charge in [0, 0.05) is 19.3 Å². The molecule has 8 nitrogen and oxygen atoms in total. The number of rotatable bonds is 8. The minimum absolute atomic E-state index is 0.0108. The highest BCUT2D eigenvalue weighted by Crippen LogP contribution is 2.23. The minimum atomic E-state index is -3.83. The van der Waals surface area contributed by atoms with E-state index in [9.17, 15) is 22.4 Å².